The highest BCUT2D eigenvalue weighted by Crippen LogP contribution is 2.47. The van der Waals surface area contributed by atoms with Gasteiger partial charge in [-0.3, -0.25) is 4.79 Å². The first-order valence-corrected chi connectivity index (χ1v) is 13.4. The largest absolute Gasteiger partial charge is 0.493 e. The van der Waals surface area contributed by atoms with E-state index in [0.717, 1.165) is 45.9 Å². The number of methoxy groups -OCH3 is 3. The highest BCUT2D eigenvalue weighted by Gasteiger charge is 2.36. The van der Waals surface area contributed by atoms with Crippen molar-refractivity contribution in [3.05, 3.63) is 83.1 Å². The standard InChI is InChI=1S/C32H36N2O5/c1-6-19(2)39-23-13-11-20(12-14-23)31-30-26(33-24-9-7-8-10-25(24)34-31)15-21(16-27(30)35)22-17-28(36-3)32(38-5)29(18-22)37-4/h7-14,17-19,21,31,33-34H,6,15-16H2,1-5H3. The van der Waals surface area contributed by atoms with E-state index in [0.29, 0.717) is 30.1 Å². The van der Waals surface area contributed by atoms with Gasteiger partial charge < -0.3 is 29.6 Å². The molecule has 3 aromatic carbocycles. The molecule has 1 aliphatic carbocycles. The van der Waals surface area contributed by atoms with Gasteiger partial charge in [0.15, 0.2) is 17.3 Å². The lowest BCUT2D eigenvalue weighted by molar-refractivity contribution is -0.116. The van der Waals surface area contributed by atoms with E-state index < -0.39 is 0 Å². The first kappa shape index (κ1) is 26.5. The number of ether oxygens (including phenoxy) is 4. The molecular formula is C32H36N2O5. The van der Waals surface area contributed by atoms with E-state index in [1.807, 2.05) is 60.7 Å². The van der Waals surface area contributed by atoms with Gasteiger partial charge in [-0.1, -0.05) is 31.2 Å². The second-order valence-corrected chi connectivity index (χ2v) is 10.0. The molecule has 0 saturated carbocycles. The minimum absolute atomic E-state index is 0.0466. The Morgan fingerprint density at radius 1 is 0.872 bits per heavy atom. The third-order valence-corrected chi connectivity index (χ3v) is 7.59. The number of allylic oxidation sites excluding steroid dienone is 1. The summed E-state index contributed by atoms with van der Waals surface area (Å²) in [5, 5.41) is 7.24. The molecule has 7 heteroatoms. The van der Waals surface area contributed by atoms with Crippen LogP contribution in [-0.2, 0) is 4.79 Å². The smallest absolute Gasteiger partial charge is 0.203 e. The van der Waals surface area contributed by atoms with E-state index in [1.165, 1.54) is 0 Å². The van der Waals surface area contributed by atoms with E-state index in [2.05, 4.69) is 24.5 Å². The van der Waals surface area contributed by atoms with Crippen LogP contribution in [0.1, 0.15) is 56.2 Å². The minimum atomic E-state index is -0.290. The van der Waals surface area contributed by atoms with E-state index in [9.17, 15) is 4.79 Å². The van der Waals surface area contributed by atoms with Crippen LogP contribution in [0, 0.1) is 0 Å². The van der Waals surface area contributed by atoms with Gasteiger partial charge in [0, 0.05) is 17.7 Å². The lowest BCUT2D eigenvalue weighted by Gasteiger charge is -2.30. The van der Waals surface area contributed by atoms with E-state index in [1.54, 1.807) is 21.3 Å². The number of rotatable bonds is 8. The second-order valence-electron chi connectivity index (χ2n) is 10.0. The van der Waals surface area contributed by atoms with Crippen molar-refractivity contribution in [2.24, 2.45) is 0 Å². The number of para-hydroxylation sites is 2. The number of benzene rings is 3. The zero-order chi connectivity index (χ0) is 27.5. The van der Waals surface area contributed by atoms with Crippen LogP contribution in [0.3, 0.4) is 0 Å². The molecule has 7 nitrogen and oxygen atoms in total. The van der Waals surface area contributed by atoms with Crippen LogP contribution in [-0.4, -0.2) is 33.2 Å². The van der Waals surface area contributed by atoms with E-state index in [4.69, 9.17) is 18.9 Å². The van der Waals surface area contributed by atoms with Crippen molar-refractivity contribution < 1.29 is 23.7 Å². The zero-order valence-corrected chi connectivity index (χ0v) is 23.2. The summed E-state index contributed by atoms with van der Waals surface area (Å²) in [7, 11) is 4.80. The molecule has 3 atom stereocenters. The zero-order valence-electron chi connectivity index (χ0n) is 23.2. The maximum atomic E-state index is 13.9. The predicted molar refractivity (Wildman–Crippen MR) is 153 cm³/mol. The average Bonchev–Trinajstić information content (AvgIpc) is 3.13. The van der Waals surface area contributed by atoms with Gasteiger partial charge in [0.1, 0.15) is 5.75 Å². The number of carbonyl (C=O) groups excluding carboxylic acids is 1. The Morgan fingerprint density at radius 2 is 1.54 bits per heavy atom. The quantitative estimate of drug-likeness (QED) is 0.330. The molecule has 204 valence electrons. The lowest BCUT2D eigenvalue weighted by Crippen LogP contribution is -2.27. The Hall–Kier alpha value is -4.13. The molecule has 0 spiro atoms. The summed E-state index contributed by atoms with van der Waals surface area (Å²) in [5.74, 6) is 2.58. The van der Waals surface area contributed by atoms with Crippen molar-refractivity contribution in [2.45, 2.75) is 51.2 Å². The molecule has 1 heterocycles. The summed E-state index contributed by atoms with van der Waals surface area (Å²) in [6.45, 7) is 4.17. The molecule has 1 aliphatic heterocycles. The first-order chi connectivity index (χ1) is 18.9. The van der Waals surface area contributed by atoms with Crippen LogP contribution < -0.4 is 29.6 Å². The Morgan fingerprint density at radius 3 is 2.15 bits per heavy atom. The summed E-state index contributed by atoms with van der Waals surface area (Å²) < 4.78 is 22.7. The molecule has 5 rings (SSSR count). The van der Waals surface area contributed by atoms with Crippen LogP contribution >= 0.6 is 0 Å². The Bertz CT molecular complexity index is 1360. The topological polar surface area (TPSA) is 78.1 Å². The minimum Gasteiger partial charge on any atom is -0.493 e. The molecule has 39 heavy (non-hydrogen) atoms. The number of hydrogen-bond donors (Lipinski definition) is 2. The van der Waals surface area contributed by atoms with Gasteiger partial charge in [0.05, 0.1) is 44.8 Å². The summed E-state index contributed by atoms with van der Waals surface area (Å²) in [6, 6.07) is 19.7. The molecule has 3 aromatic rings. The monoisotopic (exact) mass is 528 g/mol. The maximum Gasteiger partial charge on any atom is 0.203 e. The van der Waals surface area contributed by atoms with Crippen LogP contribution in [0.5, 0.6) is 23.0 Å². The fourth-order valence-corrected chi connectivity index (χ4v) is 5.37. The summed E-state index contributed by atoms with van der Waals surface area (Å²) in [6.07, 6.45) is 2.13. The van der Waals surface area contributed by atoms with Gasteiger partial charge in [-0.15, -0.1) is 0 Å². The number of fused-ring (bicyclic) bond motifs is 1. The number of carbonyl (C=O) groups is 1. The van der Waals surface area contributed by atoms with Gasteiger partial charge in [0.2, 0.25) is 5.75 Å². The molecule has 3 unspecified atom stereocenters. The molecule has 0 radical (unpaired) electrons. The molecule has 0 amide bonds. The molecule has 0 aromatic heterocycles. The molecule has 0 fully saturated rings. The molecule has 2 aliphatic rings. The van der Waals surface area contributed by atoms with Crippen molar-refractivity contribution in [1.82, 2.24) is 0 Å². The Kier molecular flexibility index (Phi) is 7.68. The maximum absolute atomic E-state index is 13.9. The fourth-order valence-electron chi connectivity index (χ4n) is 5.37. The third kappa shape index (κ3) is 5.26. The second kappa shape index (κ2) is 11.3. The fraction of sp³-hybridized carbons (Fsp3) is 0.344. The number of anilines is 2. The first-order valence-electron chi connectivity index (χ1n) is 13.4. The van der Waals surface area contributed by atoms with Gasteiger partial charge in [-0.25, -0.2) is 0 Å². The van der Waals surface area contributed by atoms with Gasteiger partial charge in [-0.2, -0.15) is 0 Å². The molecule has 2 N–H and O–H groups in total. The average molecular weight is 529 g/mol. The van der Waals surface area contributed by atoms with Crippen molar-refractivity contribution in [2.75, 3.05) is 32.0 Å². The van der Waals surface area contributed by atoms with Crippen molar-refractivity contribution in [3.8, 4) is 23.0 Å². The molecule has 0 bridgehead atoms. The van der Waals surface area contributed by atoms with Crippen LogP contribution in [0.2, 0.25) is 0 Å². The Labute approximate surface area is 230 Å². The Balaban J connectivity index is 1.54. The molecular weight excluding hydrogens is 492 g/mol. The highest BCUT2D eigenvalue weighted by atomic mass is 16.5. The van der Waals surface area contributed by atoms with Crippen molar-refractivity contribution >= 4 is 17.2 Å². The van der Waals surface area contributed by atoms with Gasteiger partial charge in [-0.05, 0) is 73.2 Å². The van der Waals surface area contributed by atoms with Gasteiger partial charge >= 0.3 is 0 Å². The summed E-state index contributed by atoms with van der Waals surface area (Å²) in [5.41, 5.74) is 5.58. The highest BCUT2D eigenvalue weighted by molar-refractivity contribution is 6.01. The lowest BCUT2D eigenvalue weighted by atomic mass is 9.78. The number of nitrogens with one attached hydrogen (secondary N) is 2. The number of ketones is 1. The SMILES string of the molecule is CCC(C)Oc1ccc(C2Nc3ccccc3NC3=C2C(=O)CC(c2cc(OC)c(OC)c(OC)c2)C3)cc1. The summed E-state index contributed by atoms with van der Waals surface area (Å²) in [4.78, 5) is 13.9. The van der Waals surface area contributed by atoms with Crippen LogP contribution in [0.15, 0.2) is 71.9 Å². The predicted octanol–water partition coefficient (Wildman–Crippen LogP) is 6.87. The van der Waals surface area contributed by atoms with Crippen LogP contribution in [0.25, 0.3) is 0 Å². The van der Waals surface area contributed by atoms with E-state index >= 15 is 0 Å². The van der Waals surface area contributed by atoms with Crippen molar-refractivity contribution in [3.63, 3.8) is 0 Å². The van der Waals surface area contributed by atoms with Crippen molar-refractivity contribution in [1.29, 1.82) is 0 Å². The van der Waals surface area contributed by atoms with Gasteiger partial charge in [0.25, 0.3) is 0 Å². The third-order valence-electron chi connectivity index (χ3n) is 7.59. The van der Waals surface area contributed by atoms with E-state index in [-0.39, 0.29) is 23.8 Å². The molecule has 0 saturated heterocycles. The van der Waals surface area contributed by atoms with Crippen LogP contribution in [0.4, 0.5) is 11.4 Å². The summed E-state index contributed by atoms with van der Waals surface area (Å²) >= 11 is 0. The number of Topliss-reactive ketones (excluding diaryl/α,β-unsaturated/α-hetero) is 1. The number of hydrogen-bond acceptors (Lipinski definition) is 7. The normalized spacial score (nSPS) is 19.1.